The quantitative estimate of drug-likeness (QED) is 0.0509. The first-order valence-electron chi connectivity index (χ1n) is 14.9. The zero-order valence-corrected chi connectivity index (χ0v) is 28.7. The first kappa shape index (κ1) is 39.6. The summed E-state index contributed by atoms with van der Waals surface area (Å²) in [6.07, 6.45) is 16.4. The zero-order chi connectivity index (χ0) is 33.8. The number of ether oxygens (including phenoxy) is 3. The second-order valence-corrected chi connectivity index (χ2v) is 12.5. The molecule has 12 heteroatoms. The van der Waals surface area contributed by atoms with Gasteiger partial charge in [-0.2, -0.15) is 12.6 Å². The van der Waals surface area contributed by atoms with Gasteiger partial charge in [-0.05, 0) is 43.7 Å². The first-order valence-corrected chi connectivity index (χ1v) is 15.9. The molecule has 3 unspecified atom stereocenters. The third-order valence-electron chi connectivity index (χ3n) is 6.38. The van der Waals surface area contributed by atoms with Gasteiger partial charge in [0, 0.05) is 43.3 Å². The molecule has 0 radical (unpaired) electrons. The Bertz CT molecular complexity index is 1180. The van der Waals surface area contributed by atoms with Crippen molar-refractivity contribution in [1.82, 2.24) is 16.0 Å². The monoisotopic (exact) mass is 665 g/mol. The number of alkyl carbamates (subject to hydrolysis) is 1. The van der Waals surface area contributed by atoms with Crippen molar-refractivity contribution in [3.05, 3.63) is 71.2 Å². The minimum atomic E-state index is -0.817. The molecule has 0 aliphatic carbocycles. The van der Waals surface area contributed by atoms with Crippen LogP contribution in [0.4, 0.5) is 4.79 Å². The second kappa shape index (κ2) is 21.3. The van der Waals surface area contributed by atoms with Crippen molar-refractivity contribution >= 4 is 48.1 Å². The van der Waals surface area contributed by atoms with Gasteiger partial charge in [0.05, 0.1) is 7.11 Å². The number of carbonyl (C=O) groups excluding carboxylic acids is 4. The number of hydrogen-bond donors (Lipinski definition) is 4. The lowest BCUT2D eigenvalue weighted by atomic mass is 9.86. The van der Waals surface area contributed by atoms with Gasteiger partial charge in [0.15, 0.2) is 5.76 Å². The van der Waals surface area contributed by atoms with E-state index in [1.54, 1.807) is 37.3 Å². The molecule has 0 aromatic heterocycles. The number of hydrogen-bond acceptors (Lipinski definition) is 8. The molecule has 1 heterocycles. The van der Waals surface area contributed by atoms with E-state index in [-0.39, 0.29) is 17.8 Å². The van der Waals surface area contributed by atoms with Crippen LogP contribution in [-0.2, 0) is 28.6 Å². The average molecular weight is 666 g/mol. The number of methoxy groups -OCH3 is 1. The van der Waals surface area contributed by atoms with E-state index in [9.17, 15) is 19.2 Å². The Morgan fingerprint density at radius 3 is 2.49 bits per heavy atom. The average Bonchev–Trinajstić information content (AvgIpc) is 2.97. The van der Waals surface area contributed by atoms with E-state index >= 15 is 0 Å². The molecule has 1 rings (SSSR count). The molecule has 0 saturated heterocycles. The van der Waals surface area contributed by atoms with E-state index in [0.717, 1.165) is 12.0 Å². The Balaban J connectivity index is 2.67. The Kier molecular flexibility index (Phi) is 18.8. The highest BCUT2D eigenvalue weighted by molar-refractivity contribution is 7.80. The Morgan fingerprint density at radius 2 is 1.87 bits per heavy atom. The van der Waals surface area contributed by atoms with E-state index in [0.29, 0.717) is 43.0 Å². The highest BCUT2D eigenvalue weighted by Crippen LogP contribution is 2.20. The van der Waals surface area contributed by atoms with Gasteiger partial charge in [0.25, 0.3) is 0 Å². The summed E-state index contributed by atoms with van der Waals surface area (Å²) >= 11 is 10.1. The predicted octanol–water partition coefficient (Wildman–Crippen LogP) is 5.78. The molecule has 0 bridgehead atoms. The van der Waals surface area contributed by atoms with E-state index in [4.69, 9.17) is 25.8 Å². The molecule has 1 aliphatic heterocycles. The number of nitrogens with one attached hydrogen (secondary N) is 3. The number of esters is 1. The van der Waals surface area contributed by atoms with Crippen LogP contribution in [0.15, 0.2) is 71.2 Å². The van der Waals surface area contributed by atoms with Gasteiger partial charge < -0.3 is 30.2 Å². The van der Waals surface area contributed by atoms with Gasteiger partial charge in [0.1, 0.15) is 18.2 Å². The highest BCUT2D eigenvalue weighted by Gasteiger charge is 2.32. The molecule has 3 atom stereocenters. The molecule has 250 valence electrons. The lowest BCUT2D eigenvalue weighted by molar-refractivity contribution is -0.149. The fourth-order valence-corrected chi connectivity index (χ4v) is 4.13. The van der Waals surface area contributed by atoms with Crippen LogP contribution in [0, 0.1) is 5.41 Å². The maximum Gasteiger partial charge on any atom is 0.407 e. The molecule has 0 spiro atoms. The number of rotatable bonds is 17. The lowest BCUT2D eigenvalue weighted by Gasteiger charge is -2.29. The number of thiol groups is 1. The van der Waals surface area contributed by atoms with Crippen molar-refractivity contribution < 1.29 is 33.4 Å². The van der Waals surface area contributed by atoms with Crippen molar-refractivity contribution in [2.75, 3.05) is 19.4 Å². The van der Waals surface area contributed by atoms with Gasteiger partial charge in [-0.1, -0.05) is 74.4 Å². The summed E-state index contributed by atoms with van der Waals surface area (Å²) in [5.74, 6) is -0.394. The second-order valence-electron chi connectivity index (χ2n) is 11.4. The van der Waals surface area contributed by atoms with Crippen LogP contribution in [0.3, 0.4) is 0 Å². The molecule has 0 fully saturated rings. The van der Waals surface area contributed by atoms with Crippen molar-refractivity contribution in [1.29, 1.82) is 0 Å². The molecule has 0 aromatic rings. The van der Waals surface area contributed by atoms with Crippen LogP contribution < -0.4 is 16.0 Å². The topological polar surface area (TPSA) is 132 Å². The Hall–Kier alpha value is -3.44. The van der Waals surface area contributed by atoms with E-state index in [1.165, 1.54) is 19.4 Å². The molecule has 3 amide bonds. The Labute approximate surface area is 277 Å². The van der Waals surface area contributed by atoms with E-state index < -0.39 is 35.5 Å². The number of amides is 3. The van der Waals surface area contributed by atoms with E-state index in [1.807, 2.05) is 39.8 Å². The third kappa shape index (κ3) is 17.6. The van der Waals surface area contributed by atoms with Crippen LogP contribution in [-0.4, -0.2) is 61.5 Å². The van der Waals surface area contributed by atoms with Gasteiger partial charge in [0.2, 0.25) is 11.8 Å². The Morgan fingerprint density at radius 1 is 1.16 bits per heavy atom. The largest absolute Gasteiger partial charge is 0.490 e. The normalized spacial score (nSPS) is 17.6. The number of carbonyl (C=O) groups is 4. The minimum absolute atomic E-state index is 0.224. The molecule has 0 saturated carbocycles. The maximum atomic E-state index is 13.0. The minimum Gasteiger partial charge on any atom is -0.490 e. The van der Waals surface area contributed by atoms with Crippen molar-refractivity contribution in [2.24, 2.45) is 5.41 Å². The SMILES string of the molecule is COC1=CCC(C/C=C(C)/C=C\C=C/C(=O)NC(C(=O)N/C=C\CC(C/C=C(\C)Cl)OC(=O)NCCCS)C(C)(C)C)OC1=O. The summed E-state index contributed by atoms with van der Waals surface area (Å²) in [5.41, 5.74) is 0.365. The smallest absolute Gasteiger partial charge is 0.407 e. The predicted molar refractivity (Wildman–Crippen MR) is 180 cm³/mol. The van der Waals surface area contributed by atoms with E-state index in [2.05, 4.69) is 28.6 Å². The molecule has 0 aromatic carbocycles. The highest BCUT2D eigenvalue weighted by atomic mass is 35.5. The van der Waals surface area contributed by atoms with Gasteiger partial charge in [-0.25, -0.2) is 9.59 Å². The van der Waals surface area contributed by atoms with Crippen molar-refractivity contribution in [3.8, 4) is 0 Å². The summed E-state index contributed by atoms with van der Waals surface area (Å²) in [4.78, 5) is 49.5. The molecule has 3 N–H and O–H groups in total. The summed E-state index contributed by atoms with van der Waals surface area (Å²) in [5, 5.41) is 8.74. The summed E-state index contributed by atoms with van der Waals surface area (Å²) in [6, 6.07) is -0.817. The van der Waals surface area contributed by atoms with Crippen LogP contribution in [0.25, 0.3) is 0 Å². The van der Waals surface area contributed by atoms with Gasteiger partial charge in [-0.15, -0.1) is 0 Å². The lowest BCUT2D eigenvalue weighted by Crippen LogP contribution is -2.52. The van der Waals surface area contributed by atoms with Crippen LogP contribution in [0.5, 0.6) is 0 Å². The van der Waals surface area contributed by atoms with Crippen molar-refractivity contribution in [3.63, 3.8) is 0 Å². The van der Waals surface area contributed by atoms with Crippen LogP contribution >= 0.6 is 24.2 Å². The summed E-state index contributed by atoms with van der Waals surface area (Å²) < 4.78 is 15.8. The molecule has 1 aliphatic rings. The fourth-order valence-electron chi connectivity index (χ4n) is 3.88. The fraction of sp³-hybridized carbons (Fsp3) is 0.515. The first-order chi connectivity index (χ1) is 21.3. The van der Waals surface area contributed by atoms with Crippen LogP contribution in [0.2, 0.25) is 0 Å². The number of allylic oxidation sites excluding steroid dienone is 5. The molecular formula is C33H48ClN3O7S. The number of halogens is 1. The third-order valence-corrected chi connectivity index (χ3v) is 6.85. The standard InChI is InChI=1S/C33H48ClN3O7S/c1-23(14-16-26-18-19-27(42-6)31(40)43-26)11-7-8-13-28(38)37-29(33(3,4)5)30(39)35-20-9-12-25(17-15-24(2)34)44-32(41)36-21-10-22-45/h7-9,11,13-15,19-20,25-26,29,45H,10,12,16-18,21-22H2,1-6H3,(H,35,39)(H,36,41)(H,37,38)/b11-7-,13-8-,20-9-,23-14+,24-15+. The van der Waals surface area contributed by atoms with Crippen molar-refractivity contribution in [2.45, 2.75) is 85.0 Å². The summed E-state index contributed by atoms with van der Waals surface area (Å²) in [6.45, 7) is 9.66. The molecule has 10 nitrogen and oxygen atoms in total. The zero-order valence-electron chi connectivity index (χ0n) is 27.1. The maximum absolute atomic E-state index is 13.0. The van der Waals surface area contributed by atoms with Crippen LogP contribution in [0.1, 0.15) is 66.7 Å². The van der Waals surface area contributed by atoms with Gasteiger partial charge >= 0.3 is 12.1 Å². The molecule has 45 heavy (non-hydrogen) atoms. The van der Waals surface area contributed by atoms with Gasteiger partial charge in [-0.3, -0.25) is 9.59 Å². The molecular weight excluding hydrogens is 618 g/mol. The number of cyclic esters (lactones) is 1. The summed E-state index contributed by atoms with van der Waals surface area (Å²) in [7, 11) is 1.43.